The second kappa shape index (κ2) is 6.18. The summed E-state index contributed by atoms with van der Waals surface area (Å²) in [6, 6.07) is 8.41. The van der Waals surface area contributed by atoms with E-state index in [4.69, 9.17) is 9.15 Å². The van der Waals surface area contributed by atoms with Crippen molar-refractivity contribution in [3.8, 4) is 0 Å². The van der Waals surface area contributed by atoms with Crippen molar-refractivity contribution in [2.24, 2.45) is 0 Å². The highest BCUT2D eigenvalue weighted by molar-refractivity contribution is 5.80. The van der Waals surface area contributed by atoms with E-state index in [1.54, 1.807) is 0 Å². The van der Waals surface area contributed by atoms with Gasteiger partial charge in [0.25, 0.3) is 0 Å². The van der Waals surface area contributed by atoms with Crippen molar-refractivity contribution in [3.05, 3.63) is 54.3 Å². The van der Waals surface area contributed by atoms with E-state index >= 15 is 0 Å². The van der Waals surface area contributed by atoms with Crippen LogP contribution in [-0.4, -0.2) is 22.2 Å². The molecule has 1 saturated heterocycles. The minimum Gasteiger partial charge on any atom is -0.464 e. The molecule has 2 atom stereocenters. The number of hydrogen-bond acceptors (Lipinski definition) is 4. The average Bonchev–Trinajstić information content (AvgIpc) is 3.31. The van der Waals surface area contributed by atoms with Gasteiger partial charge < -0.3 is 19.0 Å². The number of nitrogens with zero attached hydrogens (tertiary/aromatic N) is 2. The number of aryl methyl sites for hydroxylation is 1. The van der Waals surface area contributed by atoms with Gasteiger partial charge in [0.1, 0.15) is 17.5 Å². The summed E-state index contributed by atoms with van der Waals surface area (Å²) in [5, 5.41) is 4.80. The fourth-order valence-corrected chi connectivity index (χ4v) is 3.31. The monoisotopic (exact) mass is 311 g/mol. The standard InChI is InChI=1S/C18H21N3O2/c1-2-21-9-8-19-18(21)17-15(7-10-22-17)20-11-13-12-23-16-6-4-3-5-14(13)16/h3-6,8-9,12,15,17,20H,2,7,10-11H2,1H3/t15-,17-/m0/s1. The number of rotatable bonds is 5. The first-order valence-electron chi connectivity index (χ1n) is 8.18. The van der Waals surface area contributed by atoms with Crippen LogP contribution in [-0.2, 0) is 17.8 Å². The van der Waals surface area contributed by atoms with Crippen LogP contribution in [0.1, 0.15) is 30.8 Å². The smallest absolute Gasteiger partial charge is 0.139 e. The Morgan fingerprint density at radius 3 is 3.17 bits per heavy atom. The summed E-state index contributed by atoms with van der Waals surface area (Å²) in [5.74, 6) is 1.01. The number of fused-ring (bicyclic) bond motifs is 1. The fraction of sp³-hybridized carbons (Fsp3) is 0.389. The van der Waals surface area contributed by atoms with Crippen molar-refractivity contribution in [1.29, 1.82) is 0 Å². The van der Waals surface area contributed by atoms with Crippen LogP contribution in [0.2, 0.25) is 0 Å². The average molecular weight is 311 g/mol. The van der Waals surface area contributed by atoms with Crippen LogP contribution in [0.5, 0.6) is 0 Å². The van der Waals surface area contributed by atoms with Gasteiger partial charge in [-0.05, 0) is 19.4 Å². The maximum atomic E-state index is 5.94. The third-order valence-corrected chi connectivity index (χ3v) is 4.55. The molecular formula is C18H21N3O2. The molecular weight excluding hydrogens is 290 g/mol. The number of hydrogen-bond donors (Lipinski definition) is 1. The Labute approximate surface area is 135 Å². The van der Waals surface area contributed by atoms with E-state index < -0.39 is 0 Å². The number of ether oxygens (including phenoxy) is 1. The molecule has 1 aromatic carbocycles. The van der Waals surface area contributed by atoms with E-state index in [-0.39, 0.29) is 12.1 Å². The van der Waals surface area contributed by atoms with Crippen LogP contribution in [0.25, 0.3) is 11.0 Å². The van der Waals surface area contributed by atoms with Gasteiger partial charge >= 0.3 is 0 Å². The Kier molecular flexibility index (Phi) is 3.89. The van der Waals surface area contributed by atoms with Crippen LogP contribution < -0.4 is 5.32 Å². The largest absolute Gasteiger partial charge is 0.464 e. The zero-order valence-corrected chi connectivity index (χ0v) is 13.2. The van der Waals surface area contributed by atoms with E-state index in [9.17, 15) is 0 Å². The molecule has 2 aromatic heterocycles. The molecule has 0 unspecified atom stereocenters. The Balaban J connectivity index is 1.50. The van der Waals surface area contributed by atoms with Crippen molar-refractivity contribution in [3.63, 3.8) is 0 Å². The molecule has 3 aromatic rings. The molecule has 120 valence electrons. The summed E-state index contributed by atoms with van der Waals surface area (Å²) in [4.78, 5) is 4.49. The number of para-hydroxylation sites is 1. The molecule has 1 aliphatic heterocycles. The molecule has 1 fully saturated rings. The molecule has 0 radical (unpaired) electrons. The van der Waals surface area contributed by atoms with Crippen LogP contribution in [0.4, 0.5) is 0 Å². The first kappa shape index (κ1) is 14.5. The zero-order chi connectivity index (χ0) is 15.6. The Hall–Kier alpha value is -2.11. The first-order chi connectivity index (χ1) is 11.4. The summed E-state index contributed by atoms with van der Waals surface area (Å²) >= 11 is 0. The molecule has 1 N–H and O–H groups in total. The van der Waals surface area contributed by atoms with Crippen LogP contribution in [0.15, 0.2) is 47.3 Å². The van der Waals surface area contributed by atoms with Gasteiger partial charge in [0, 0.05) is 49.1 Å². The number of nitrogens with one attached hydrogen (secondary N) is 1. The summed E-state index contributed by atoms with van der Waals surface area (Å²) in [6.45, 7) is 4.58. The van der Waals surface area contributed by atoms with Crippen molar-refractivity contribution in [2.45, 2.75) is 38.6 Å². The first-order valence-corrected chi connectivity index (χ1v) is 8.18. The predicted octanol–water partition coefficient (Wildman–Crippen LogP) is 3.27. The maximum Gasteiger partial charge on any atom is 0.139 e. The van der Waals surface area contributed by atoms with Gasteiger partial charge in [-0.2, -0.15) is 0 Å². The third-order valence-electron chi connectivity index (χ3n) is 4.55. The summed E-state index contributed by atoms with van der Waals surface area (Å²) in [5.41, 5.74) is 2.12. The highest BCUT2D eigenvalue weighted by atomic mass is 16.5. The van der Waals surface area contributed by atoms with Crippen molar-refractivity contribution >= 4 is 11.0 Å². The SMILES string of the molecule is CCn1ccnc1[C@H]1OCC[C@@H]1NCc1coc2ccccc12. The van der Waals surface area contributed by atoms with Crippen molar-refractivity contribution in [1.82, 2.24) is 14.9 Å². The van der Waals surface area contributed by atoms with E-state index in [1.807, 2.05) is 36.9 Å². The van der Waals surface area contributed by atoms with Gasteiger partial charge in [0.05, 0.1) is 6.26 Å². The molecule has 0 aliphatic carbocycles. The van der Waals surface area contributed by atoms with Gasteiger partial charge in [0.15, 0.2) is 0 Å². The molecule has 5 heteroatoms. The molecule has 0 saturated carbocycles. The number of imidazole rings is 1. The lowest BCUT2D eigenvalue weighted by Gasteiger charge is -2.20. The fourth-order valence-electron chi connectivity index (χ4n) is 3.31. The van der Waals surface area contributed by atoms with Crippen molar-refractivity contribution < 1.29 is 9.15 Å². The van der Waals surface area contributed by atoms with Gasteiger partial charge in [-0.3, -0.25) is 0 Å². The number of aromatic nitrogens is 2. The molecule has 0 amide bonds. The second-order valence-electron chi connectivity index (χ2n) is 5.90. The van der Waals surface area contributed by atoms with E-state index in [1.165, 1.54) is 10.9 Å². The highest BCUT2D eigenvalue weighted by Crippen LogP contribution is 2.29. The molecule has 4 rings (SSSR count). The minimum atomic E-state index is 0.0168. The second-order valence-corrected chi connectivity index (χ2v) is 5.90. The van der Waals surface area contributed by atoms with Gasteiger partial charge in [0.2, 0.25) is 0 Å². The van der Waals surface area contributed by atoms with Crippen LogP contribution >= 0.6 is 0 Å². The lowest BCUT2D eigenvalue weighted by Crippen LogP contribution is -2.32. The number of benzene rings is 1. The molecule has 0 spiro atoms. The predicted molar refractivity (Wildman–Crippen MR) is 88.1 cm³/mol. The van der Waals surface area contributed by atoms with Crippen LogP contribution in [0.3, 0.4) is 0 Å². The van der Waals surface area contributed by atoms with Gasteiger partial charge in [-0.25, -0.2) is 4.98 Å². The molecule has 5 nitrogen and oxygen atoms in total. The summed E-state index contributed by atoms with van der Waals surface area (Å²) < 4.78 is 13.7. The zero-order valence-electron chi connectivity index (χ0n) is 13.2. The van der Waals surface area contributed by atoms with E-state index in [0.717, 1.165) is 37.5 Å². The minimum absolute atomic E-state index is 0.0168. The molecule has 1 aliphatic rings. The Morgan fingerprint density at radius 1 is 1.35 bits per heavy atom. The third kappa shape index (κ3) is 2.66. The molecule has 0 bridgehead atoms. The molecule has 23 heavy (non-hydrogen) atoms. The highest BCUT2D eigenvalue weighted by Gasteiger charge is 2.32. The van der Waals surface area contributed by atoms with E-state index in [2.05, 4.69) is 27.9 Å². The maximum absolute atomic E-state index is 5.94. The van der Waals surface area contributed by atoms with Gasteiger partial charge in [-0.1, -0.05) is 18.2 Å². The normalized spacial score (nSPS) is 21.3. The van der Waals surface area contributed by atoms with Crippen LogP contribution in [0, 0.1) is 0 Å². The van der Waals surface area contributed by atoms with Gasteiger partial charge in [-0.15, -0.1) is 0 Å². The summed E-state index contributed by atoms with van der Waals surface area (Å²) in [6.07, 6.45) is 6.72. The summed E-state index contributed by atoms with van der Waals surface area (Å²) in [7, 11) is 0. The molecule has 3 heterocycles. The van der Waals surface area contributed by atoms with Crippen molar-refractivity contribution in [2.75, 3.05) is 6.61 Å². The quantitative estimate of drug-likeness (QED) is 0.786. The Bertz CT molecular complexity index is 792. The topological polar surface area (TPSA) is 52.2 Å². The Morgan fingerprint density at radius 2 is 2.26 bits per heavy atom. The number of furan rings is 1. The van der Waals surface area contributed by atoms with E-state index in [0.29, 0.717) is 0 Å². The lowest BCUT2D eigenvalue weighted by atomic mass is 10.1. The lowest BCUT2D eigenvalue weighted by molar-refractivity contribution is 0.0886.